The molecule has 32 heavy (non-hydrogen) atoms. The zero-order valence-corrected chi connectivity index (χ0v) is 19.3. The lowest BCUT2D eigenvalue weighted by molar-refractivity contribution is -0.153. The predicted molar refractivity (Wildman–Crippen MR) is 118 cm³/mol. The molecule has 1 saturated carbocycles. The summed E-state index contributed by atoms with van der Waals surface area (Å²) in [4.78, 5) is 40.3. The number of esters is 1. The van der Waals surface area contributed by atoms with Crippen molar-refractivity contribution >= 4 is 18.0 Å². The van der Waals surface area contributed by atoms with Crippen molar-refractivity contribution in [2.45, 2.75) is 70.4 Å². The maximum absolute atomic E-state index is 13.7. The molecule has 1 unspecified atom stereocenters. The molecule has 2 aliphatic rings. The van der Waals surface area contributed by atoms with Crippen LogP contribution in [0.15, 0.2) is 30.3 Å². The maximum Gasteiger partial charge on any atom is 0.407 e. The van der Waals surface area contributed by atoms with Crippen LogP contribution in [0, 0.1) is 11.8 Å². The average molecular weight is 447 g/mol. The Morgan fingerprint density at radius 2 is 1.84 bits per heavy atom. The summed E-state index contributed by atoms with van der Waals surface area (Å²) in [5.74, 6) is -0.699. The van der Waals surface area contributed by atoms with Crippen molar-refractivity contribution in [1.29, 1.82) is 0 Å². The number of likely N-dealkylation sites (tertiary alicyclic amines) is 1. The van der Waals surface area contributed by atoms with Crippen LogP contribution in [0.3, 0.4) is 0 Å². The lowest BCUT2D eigenvalue weighted by Gasteiger charge is -2.36. The number of ether oxygens (including phenoxy) is 3. The first kappa shape index (κ1) is 24.0. The standard InChI is InChI=1S/C24H34N2O6/c1-15(23(28)32-14-17-9-6-5-7-10-17)20-13-18-11-8-12-19(18)26(20)22(27)21(16(2)30-3)25-24(29)31-4/h5-7,9-10,15-16,18-21H,8,11-14H2,1-4H3,(H,25,29)/t15?,16-,18+,19+,20+,21+/m1/s1. The van der Waals surface area contributed by atoms with Crippen LogP contribution in [0.5, 0.6) is 0 Å². The van der Waals surface area contributed by atoms with E-state index in [9.17, 15) is 14.4 Å². The van der Waals surface area contributed by atoms with Gasteiger partial charge < -0.3 is 24.4 Å². The Morgan fingerprint density at radius 1 is 1.12 bits per heavy atom. The Labute approximate surface area is 189 Å². The van der Waals surface area contributed by atoms with Gasteiger partial charge in [0.1, 0.15) is 12.6 Å². The molecule has 2 fully saturated rings. The summed E-state index contributed by atoms with van der Waals surface area (Å²) >= 11 is 0. The van der Waals surface area contributed by atoms with Gasteiger partial charge in [-0.3, -0.25) is 9.59 Å². The van der Waals surface area contributed by atoms with Gasteiger partial charge in [-0.15, -0.1) is 0 Å². The molecule has 3 rings (SSSR count). The Hall–Kier alpha value is -2.61. The second kappa shape index (κ2) is 10.8. The van der Waals surface area contributed by atoms with Crippen molar-refractivity contribution in [3.63, 3.8) is 0 Å². The van der Waals surface area contributed by atoms with Crippen LogP contribution < -0.4 is 5.32 Å². The number of hydrogen-bond acceptors (Lipinski definition) is 6. The smallest absolute Gasteiger partial charge is 0.407 e. The first-order valence-corrected chi connectivity index (χ1v) is 11.3. The molecule has 0 radical (unpaired) electrons. The summed E-state index contributed by atoms with van der Waals surface area (Å²) in [7, 11) is 2.75. The molecule has 176 valence electrons. The largest absolute Gasteiger partial charge is 0.461 e. The third-order valence-electron chi connectivity index (χ3n) is 6.87. The molecule has 1 aromatic carbocycles. The highest BCUT2D eigenvalue weighted by Gasteiger charge is 2.51. The number of amides is 2. The van der Waals surface area contributed by atoms with Crippen LogP contribution in [0.1, 0.15) is 45.1 Å². The Balaban J connectivity index is 1.77. The molecule has 0 spiro atoms. The highest BCUT2D eigenvalue weighted by Crippen LogP contribution is 2.44. The SMILES string of the molecule is COC(=O)N[C@H](C(=O)N1[C@H](C(C)C(=O)OCc2ccccc2)C[C@@H]2CCC[C@@H]21)[C@@H](C)OC. The van der Waals surface area contributed by atoms with Gasteiger partial charge in [0.25, 0.3) is 0 Å². The van der Waals surface area contributed by atoms with E-state index in [1.807, 2.05) is 42.2 Å². The van der Waals surface area contributed by atoms with E-state index in [0.717, 1.165) is 31.2 Å². The number of hydrogen-bond donors (Lipinski definition) is 1. The molecule has 1 N–H and O–H groups in total. The van der Waals surface area contributed by atoms with Crippen molar-refractivity contribution in [3.8, 4) is 0 Å². The van der Waals surface area contributed by atoms with Crippen molar-refractivity contribution in [3.05, 3.63) is 35.9 Å². The van der Waals surface area contributed by atoms with E-state index in [1.165, 1.54) is 14.2 Å². The highest BCUT2D eigenvalue weighted by atomic mass is 16.5. The quantitative estimate of drug-likeness (QED) is 0.617. The molecule has 1 saturated heterocycles. The van der Waals surface area contributed by atoms with Crippen LogP contribution >= 0.6 is 0 Å². The van der Waals surface area contributed by atoms with E-state index in [1.54, 1.807) is 6.92 Å². The zero-order chi connectivity index (χ0) is 23.3. The van der Waals surface area contributed by atoms with Crippen LogP contribution in [-0.2, 0) is 30.4 Å². The number of fused-ring (bicyclic) bond motifs is 1. The van der Waals surface area contributed by atoms with Gasteiger partial charge in [-0.1, -0.05) is 36.8 Å². The number of carbonyl (C=O) groups excluding carboxylic acids is 3. The average Bonchev–Trinajstić information content (AvgIpc) is 3.41. The van der Waals surface area contributed by atoms with E-state index in [2.05, 4.69) is 5.32 Å². The Morgan fingerprint density at radius 3 is 2.50 bits per heavy atom. The summed E-state index contributed by atoms with van der Waals surface area (Å²) < 4.78 is 15.7. The number of rotatable bonds is 8. The minimum absolute atomic E-state index is 0.0582. The predicted octanol–water partition coefficient (Wildman–Crippen LogP) is 2.90. The molecule has 0 bridgehead atoms. The Kier molecular flexibility index (Phi) is 8.12. The van der Waals surface area contributed by atoms with Crippen LogP contribution in [0.25, 0.3) is 0 Å². The summed E-state index contributed by atoms with van der Waals surface area (Å²) in [5, 5.41) is 2.62. The van der Waals surface area contributed by atoms with E-state index in [-0.39, 0.29) is 30.6 Å². The van der Waals surface area contributed by atoms with Gasteiger partial charge in [-0.25, -0.2) is 4.79 Å². The normalized spacial score (nSPS) is 24.9. The first-order valence-electron chi connectivity index (χ1n) is 11.3. The fourth-order valence-electron chi connectivity index (χ4n) is 4.98. The first-order chi connectivity index (χ1) is 15.4. The molecule has 2 amide bonds. The molecule has 1 aliphatic heterocycles. The molecule has 8 heteroatoms. The summed E-state index contributed by atoms with van der Waals surface area (Å²) in [6.45, 7) is 3.75. The van der Waals surface area contributed by atoms with Gasteiger partial charge in [0.2, 0.25) is 5.91 Å². The Bertz CT molecular complexity index is 801. The molecule has 8 nitrogen and oxygen atoms in total. The lowest BCUT2D eigenvalue weighted by atomic mass is 9.94. The minimum atomic E-state index is -0.901. The van der Waals surface area contributed by atoms with Gasteiger partial charge >= 0.3 is 12.1 Å². The van der Waals surface area contributed by atoms with E-state index >= 15 is 0 Å². The van der Waals surface area contributed by atoms with Crippen molar-refractivity contribution in [2.24, 2.45) is 11.8 Å². The topological polar surface area (TPSA) is 94.2 Å². The minimum Gasteiger partial charge on any atom is -0.461 e. The van der Waals surface area contributed by atoms with Gasteiger partial charge in [0, 0.05) is 19.2 Å². The summed E-state index contributed by atoms with van der Waals surface area (Å²) in [6.07, 6.45) is 2.48. The monoisotopic (exact) mass is 446 g/mol. The number of alkyl carbamates (subject to hydrolysis) is 1. The molecule has 1 aromatic rings. The zero-order valence-electron chi connectivity index (χ0n) is 19.3. The fourth-order valence-corrected chi connectivity index (χ4v) is 4.98. The van der Waals surface area contributed by atoms with Gasteiger partial charge in [0.15, 0.2) is 0 Å². The molecule has 0 aromatic heterocycles. The second-order valence-electron chi connectivity index (χ2n) is 8.74. The molecule has 1 aliphatic carbocycles. The summed E-state index contributed by atoms with van der Waals surface area (Å²) in [5.41, 5.74) is 0.917. The number of benzene rings is 1. The summed E-state index contributed by atoms with van der Waals surface area (Å²) in [6, 6.07) is 8.39. The van der Waals surface area contributed by atoms with Gasteiger partial charge in [-0.2, -0.15) is 0 Å². The number of carbonyl (C=O) groups is 3. The maximum atomic E-state index is 13.7. The number of methoxy groups -OCH3 is 2. The van der Waals surface area contributed by atoms with Crippen LogP contribution in [0.2, 0.25) is 0 Å². The number of nitrogens with zero attached hydrogens (tertiary/aromatic N) is 1. The van der Waals surface area contributed by atoms with Gasteiger partial charge in [-0.05, 0) is 44.6 Å². The molecule has 1 heterocycles. The molecule has 6 atom stereocenters. The second-order valence-corrected chi connectivity index (χ2v) is 8.74. The van der Waals surface area contributed by atoms with Gasteiger partial charge in [0.05, 0.1) is 19.1 Å². The van der Waals surface area contributed by atoms with Crippen molar-refractivity contribution in [1.82, 2.24) is 10.2 Å². The van der Waals surface area contributed by atoms with Crippen molar-refractivity contribution < 1.29 is 28.6 Å². The van der Waals surface area contributed by atoms with Crippen LogP contribution in [-0.4, -0.2) is 61.3 Å². The fraction of sp³-hybridized carbons (Fsp3) is 0.625. The highest BCUT2D eigenvalue weighted by molar-refractivity contribution is 5.87. The third kappa shape index (κ3) is 5.23. The molecular weight excluding hydrogens is 412 g/mol. The third-order valence-corrected chi connectivity index (χ3v) is 6.87. The lowest BCUT2D eigenvalue weighted by Crippen LogP contribution is -2.58. The van der Waals surface area contributed by atoms with E-state index in [0.29, 0.717) is 5.92 Å². The van der Waals surface area contributed by atoms with Crippen molar-refractivity contribution in [2.75, 3.05) is 14.2 Å². The number of nitrogens with one attached hydrogen (secondary N) is 1. The van der Waals surface area contributed by atoms with E-state index < -0.39 is 24.2 Å². The van der Waals surface area contributed by atoms with E-state index in [4.69, 9.17) is 14.2 Å². The van der Waals surface area contributed by atoms with Crippen LogP contribution in [0.4, 0.5) is 4.79 Å². The molecular formula is C24H34N2O6.